The van der Waals surface area contributed by atoms with E-state index in [1.54, 1.807) is 18.2 Å². The summed E-state index contributed by atoms with van der Waals surface area (Å²) in [6.07, 6.45) is 1.45. The maximum atomic E-state index is 13.8. The first-order valence-electron chi connectivity index (χ1n) is 7.31. The number of nitro groups is 1. The van der Waals surface area contributed by atoms with Gasteiger partial charge in [-0.2, -0.15) is 4.68 Å². The molecular formula is C15H18FN5O2. The highest BCUT2D eigenvalue weighted by Crippen LogP contribution is 2.35. The van der Waals surface area contributed by atoms with Crippen LogP contribution in [-0.4, -0.2) is 43.4 Å². The zero-order valence-electron chi connectivity index (χ0n) is 13.2. The Morgan fingerprint density at radius 2 is 1.96 bits per heavy atom. The van der Waals surface area contributed by atoms with Gasteiger partial charge in [-0.05, 0) is 32.9 Å². The Balaban J connectivity index is 1.93. The first kappa shape index (κ1) is 15.5. The third kappa shape index (κ3) is 2.48. The molecule has 1 aromatic carbocycles. The Hall–Kier alpha value is -2.35. The Bertz CT molecular complexity index is 746. The van der Waals surface area contributed by atoms with E-state index in [0.717, 1.165) is 0 Å². The number of aromatic nitrogens is 3. The first-order chi connectivity index (χ1) is 10.7. The highest BCUT2D eigenvalue weighted by molar-refractivity contribution is 5.58. The van der Waals surface area contributed by atoms with Gasteiger partial charge in [-0.25, -0.2) is 4.39 Å². The molecule has 2 heterocycles. The molecule has 2 aromatic rings. The lowest BCUT2D eigenvalue weighted by Crippen LogP contribution is -2.70. The van der Waals surface area contributed by atoms with Gasteiger partial charge in [-0.1, -0.05) is 17.3 Å². The zero-order chi connectivity index (χ0) is 16.8. The normalized spacial score (nSPS) is 17.7. The van der Waals surface area contributed by atoms with Crippen LogP contribution in [0.4, 0.5) is 4.39 Å². The van der Waals surface area contributed by atoms with Crippen molar-refractivity contribution < 1.29 is 9.31 Å². The van der Waals surface area contributed by atoms with Crippen LogP contribution in [0.15, 0.2) is 30.5 Å². The van der Waals surface area contributed by atoms with Gasteiger partial charge in [-0.3, -0.25) is 15.0 Å². The lowest BCUT2D eigenvalue weighted by atomic mass is 9.93. The third-order valence-corrected chi connectivity index (χ3v) is 4.25. The fourth-order valence-electron chi connectivity index (χ4n) is 2.64. The highest BCUT2D eigenvalue weighted by atomic mass is 19.1. The third-order valence-electron chi connectivity index (χ3n) is 4.25. The van der Waals surface area contributed by atoms with Gasteiger partial charge in [0.25, 0.3) is 0 Å². The number of hydrogen-bond acceptors (Lipinski definition) is 5. The number of nitrogens with zero attached hydrogens (tertiary/aromatic N) is 5. The zero-order valence-corrected chi connectivity index (χ0v) is 13.2. The minimum absolute atomic E-state index is 0.158. The van der Waals surface area contributed by atoms with E-state index in [2.05, 4.69) is 10.3 Å². The fourth-order valence-corrected chi connectivity index (χ4v) is 2.64. The van der Waals surface area contributed by atoms with Gasteiger partial charge < -0.3 is 0 Å². The van der Waals surface area contributed by atoms with E-state index in [1.165, 1.54) is 16.9 Å². The van der Waals surface area contributed by atoms with E-state index in [9.17, 15) is 14.5 Å². The van der Waals surface area contributed by atoms with E-state index in [4.69, 9.17) is 0 Å². The lowest BCUT2D eigenvalue weighted by Gasteiger charge is -2.49. The van der Waals surface area contributed by atoms with E-state index in [0.29, 0.717) is 5.69 Å². The van der Waals surface area contributed by atoms with Crippen molar-refractivity contribution in [2.75, 3.05) is 13.1 Å². The number of benzene rings is 1. The van der Waals surface area contributed by atoms with Crippen LogP contribution >= 0.6 is 0 Å². The van der Waals surface area contributed by atoms with Crippen LogP contribution in [0.5, 0.6) is 0 Å². The van der Waals surface area contributed by atoms with Crippen LogP contribution in [0.1, 0.15) is 20.8 Å². The predicted molar refractivity (Wildman–Crippen MR) is 81.7 cm³/mol. The van der Waals surface area contributed by atoms with Crippen molar-refractivity contribution in [3.05, 3.63) is 46.4 Å². The molecule has 1 saturated heterocycles. The van der Waals surface area contributed by atoms with Crippen LogP contribution in [0.3, 0.4) is 0 Å². The summed E-state index contributed by atoms with van der Waals surface area (Å²) in [5.74, 6) is -0.431. The molecule has 8 heteroatoms. The molecular weight excluding hydrogens is 301 g/mol. The number of likely N-dealkylation sites (tertiary alicyclic amines) is 1. The molecule has 0 aliphatic carbocycles. The summed E-state index contributed by atoms with van der Waals surface area (Å²) in [5, 5.41) is 19.4. The fraction of sp³-hybridized carbons (Fsp3) is 0.467. The van der Waals surface area contributed by atoms with Crippen LogP contribution in [0.25, 0.3) is 11.3 Å². The Labute approximate surface area is 132 Å². The van der Waals surface area contributed by atoms with Gasteiger partial charge in [0.2, 0.25) is 0 Å². The minimum Gasteiger partial charge on any atom is -0.281 e. The predicted octanol–water partition coefficient (Wildman–Crippen LogP) is 2.13. The molecule has 23 heavy (non-hydrogen) atoms. The monoisotopic (exact) mass is 319 g/mol. The standard InChI is InChI=1S/C15H18FN5O2/c1-14(2,3)19-9-15(10-19,21(22)23)20-8-13(17-18-20)11-6-4-5-7-12(11)16/h4-8H,9-10H2,1-3H3. The number of rotatable bonds is 3. The van der Waals surface area contributed by atoms with Crippen molar-refractivity contribution in [3.8, 4) is 11.3 Å². The lowest BCUT2D eigenvalue weighted by molar-refractivity contribution is -0.626. The molecule has 1 aliphatic heterocycles. The number of halogens is 1. The second-order valence-electron chi connectivity index (χ2n) is 6.79. The maximum Gasteiger partial charge on any atom is 0.340 e. The van der Waals surface area contributed by atoms with Gasteiger partial charge in [0.05, 0.1) is 24.2 Å². The van der Waals surface area contributed by atoms with Crippen LogP contribution < -0.4 is 0 Å². The number of hydrogen-bond donors (Lipinski definition) is 0. The van der Waals surface area contributed by atoms with Crippen LogP contribution in [-0.2, 0) is 5.66 Å². The van der Waals surface area contributed by atoms with Crippen molar-refractivity contribution in [3.63, 3.8) is 0 Å². The Morgan fingerprint density at radius 1 is 1.30 bits per heavy atom. The molecule has 0 atom stereocenters. The Morgan fingerprint density at radius 3 is 2.52 bits per heavy atom. The van der Waals surface area contributed by atoms with Crippen molar-refractivity contribution in [1.29, 1.82) is 0 Å². The quantitative estimate of drug-likeness (QED) is 0.640. The molecule has 3 rings (SSSR count). The molecule has 0 bridgehead atoms. The van der Waals surface area contributed by atoms with Crippen molar-refractivity contribution >= 4 is 0 Å². The molecule has 1 fully saturated rings. The molecule has 7 nitrogen and oxygen atoms in total. The van der Waals surface area contributed by atoms with Crippen molar-refractivity contribution in [2.45, 2.75) is 32.0 Å². The second kappa shape index (κ2) is 5.09. The summed E-state index contributed by atoms with van der Waals surface area (Å²) < 4.78 is 15.1. The average Bonchev–Trinajstić information content (AvgIpc) is 2.85. The van der Waals surface area contributed by atoms with Gasteiger partial charge in [0.1, 0.15) is 11.5 Å². The van der Waals surface area contributed by atoms with Crippen LogP contribution in [0.2, 0.25) is 0 Å². The van der Waals surface area contributed by atoms with Crippen LogP contribution in [0, 0.1) is 15.9 Å². The molecule has 0 radical (unpaired) electrons. The molecule has 0 saturated carbocycles. The summed E-state index contributed by atoms with van der Waals surface area (Å²) in [5.41, 5.74) is -0.930. The van der Waals surface area contributed by atoms with Crippen molar-refractivity contribution in [2.24, 2.45) is 0 Å². The van der Waals surface area contributed by atoms with E-state index in [1.807, 2.05) is 25.7 Å². The van der Waals surface area contributed by atoms with E-state index in [-0.39, 0.29) is 29.1 Å². The summed E-state index contributed by atoms with van der Waals surface area (Å²) in [6, 6.07) is 6.16. The van der Waals surface area contributed by atoms with E-state index >= 15 is 0 Å². The smallest absolute Gasteiger partial charge is 0.281 e. The summed E-state index contributed by atoms with van der Waals surface area (Å²) in [6.45, 7) is 6.49. The molecule has 0 unspecified atom stereocenters. The molecule has 122 valence electrons. The second-order valence-corrected chi connectivity index (χ2v) is 6.79. The minimum atomic E-state index is -1.34. The van der Waals surface area contributed by atoms with Gasteiger partial charge in [0.15, 0.2) is 0 Å². The van der Waals surface area contributed by atoms with Gasteiger partial charge in [0, 0.05) is 11.1 Å². The summed E-state index contributed by atoms with van der Waals surface area (Å²) in [7, 11) is 0. The van der Waals surface area contributed by atoms with Gasteiger partial charge >= 0.3 is 5.66 Å². The topological polar surface area (TPSA) is 77.1 Å². The highest BCUT2D eigenvalue weighted by Gasteiger charge is 2.59. The van der Waals surface area contributed by atoms with Crippen molar-refractivity contribution in [1.82, 2.24) is 19.9 Å². The molecule has 0 amide bonds. The molecule has 0 spiro atoms. The molecule has 1 aliphatic rings. The summed E-state index contributed by atoms with van der Waals surface area (Å²) >= 11 is 0. The first-order valence-corrected chi connectivity index (χ1v) is 7.31. The maximum absolute atomic E-state index is 13.8. The molecule has 0 N–H and O–H groups in total. The van der Waals surface area contributed by atoms with Gasteiger partial charge in [-0.15, -0.1) is 5.10 Å². The van der Waals surface area contributed by atoms with E-state index < -0.39 is 11.5 Å². The SMILES string of the molecule is CC(C)(C)N1CC(n2cc(-c3ccccc3F)nn2)([N+](=O)[O-])C1. The average molecular weight is 319 g/mol. The molecule has 1 aromatic heterocycles. The largest absolute Gasteiger partial charge is 0.340 e. The Kier molecular flexibility index (Phi) is 3.44. The summed E-state index contributed by atoms with van der Waals surface area (Å²) in [4.78, 5) is 13.3.